The van der Waals surface area contributed by atoms with E-state index >= 15 is 0 Å². The van der Waals surface area contributed by atoms with E-state index < -0.39 is 7.82 Å². The van der Waals surface area contributed by atoms with Crippen LogP contribution in [0.5, 0.6) is 23.0 Å². The Balaban J connectivity index is 1.66. The van der Waals surface area contributed by atoms with Gasteiger partial charge in [0.25, 0.3) is 0 Å². The Labute approximate surface area is 236 Å². The van der Waals surface area contributed by atoms with Gasteiger partial charge in [0, 0.05) is 36.3 Å². The molecule has 6 nitrogen and oxygen atoms in total. The molecule has 1 heterocycles. The van der Waals surface area contributed by atoms with Crippen molar-refractivity contribution < 1.29 is 23.2 Å². The molecule has 0 aliphatic carbocycles. The highest BCUT2D eigenvalue weighted by Gasteiger charge is 2.37. The minimum absolute atomic E-state index is 0.303. The van der Waals surface area contributed by atoms with Gasteiger partial charge in [-0.2, -0.15) is 4.57 Å². The van der Waals surface area contributed by atoms with E-state index in [9.17, 15) is 9.67 Å². The molecule has 0 fully saturated rings. The van der Waals surface area contributed by atoms with Crippen LogP contribution in [0, 0.1) is 41.5 Å². The fourth-order valence-corrected chi connectivity index (χ4v) is 6.99. The van der Waals surface area contributed by atoms with Gasteiger partial charge in [0.2, 0.25) is 0 Å². The number of fused-ring (bicyclic) bond motifs is 2. The summed E-state index contributed by atoms with van der Waals surface area (Å²) >= 11 is 0. The monoisotopic (exact) mass is 557 g/mol. The van der Waals surface area contributed by atoms with Crippen LogP contribution >= 0.6 is 7.82 Å². The molecule has 1 aliphatic rings. The van der Waals surface area contributed by atoms with Gasteiger partial charge in [-0.15, -0.1) is 0 Å². The second kappa shape index (κ2) is 11.0. The Hall–Kier alpha value is -3.73. The third kappa shape index (κ3) is 6.04. The van der Waals surface area contributed by atoms with Gasteiger partial charge < -0.3 is 18.7 Å². The zero-order chi connectivity index (χ0) is 28.6. The number of hydrogen-bond acceptors (Lipinski definition) is 6. The van der Waals surface area contributed by atoms with Crippen LogP contribution in [0.15, 0.2) is 66.7 Å². The van der Waals surface area contributed by atoms with Gasteiger partial charge in [0.15, 0.2) is 0 Å². The predicted octanol–water partition coefficient (Wildman–Crippen LogP) is 8.40. The number of rotatable bonds is 4. The first-order chi connectivity index (χ1) is 19.0. The first-order valence-electron chi connectivity index (χ1n) is 13.5. The molecule has 40 heavy (non-hydrogen) atoms. The molecule has 0 radical (unpaired) electrons. The molecule has 0 atom stereocenters. The number of benzene rings is 4. The largest absolute Gasteiger partial charge is 0.647 e. The lowest BCUT2D eigenvalue weighted by molar-refractivity contribution is 0.230. The van der Waals surface area contributed by atoms with Crippen molar-refractivity contribution in [2.75, 3.05) is 0 Å². The predicted molar refractivity (Wildman–Crippen MR) is 158 cm³/mol. The first kappa shape index (κ1) is 27.8. The maximum atomic E-state index is 14.4. The van der Waals surface area contributed by atoms with Crippen molar-refractivity contribution in [3.8, 4) is 23.0 Å². The highest BCUT2D eigenvalue weighted by Crippen LogP contribution is 2.53. The molecule has 0 aromatic heterocycles. The van der Waals surface area contributed by atoms with Crippen molar-refractivity contribution in [1.82, 2.24) is 4.90 Å². The van der Waals surface area contributed by atoms with Gasteiger partial charge in [-0.1, -0.05) is 71.3 Å². The van der Waals surface area contributed by atoms with E-state index in [2.05, 4.69) is 4.90 Å². The van der Waals surface area contributed by atoms with Gasteiger partial charge in [0.05, 0.1) is 0 Å². The first-order valence-corrected chi connectivity index (χ1v) is 14.9. The summed E-state index contributed by atoms with van der Waals surface area (Å²) in [5.74, 6) is 1.66. The standard InChI is InChI=1S/C33H36NO5P/c1-21-12-24(4)31(35)27(15-21)18-34-19-28-16-22(2)13-25(5)32(28)38-40(36,37-30-10-8-7-9-11-30)39-33-26(6)14-23(3)17-29(33)20-34/h7-17,35H,18-20H2,1-6H3. The van der Waals surface area contributed by atoms with Crippen LogP contribution in [-0.2, 0) is 24.2 Å². The van der Waals surface area contributed by atoms with Crippen LogP contribution in [0.25, 0.3) is 0 Å². The van der Waals surface area contributed by atoms with Crippen molar-refractivity contribution in [3.05, 3.63) is 117 Å². The molecule has 208 valence electrons. The van der Waals surface area contributed by atoms with Crippen molar-refractivity contribution >= 4 is 7.82 Å². The number of hydrogen-bond donors (Lipinski definition) is 1. The lowest BCUT2D eigenvalue weighted by Gasteiger charge is -2.30. The van der Waals surface area contributed by atoms with Gasteiger partial charge in [0.1, 0.15) is 23.0 Å². The molecule has 0 spiro atoms. The Morgan fingerprint density at radius 2 is 1.25 bits per heavy atom. The molecule has 4 aromatic rings. The molecule has 5 rings (SSSR count). The van der Waals surface area contributed by atoms with Crippen molar-refractivity contribution in [2.24, 2.45) is 0 Å². The SMILES string of the molecule is Cc1cc(C)c(O)c(CN2Cc3cc(C)cc(C)c3OP(=O)(Oc3ccccc3)Oc3c(C)cc(C)cc3C2)c1. The number of para-hydroxylation sites is 1. The third-order valence-corrected chi connectivity index (χ3v) is 8.31. The highest BCUT2D eigenvalue weighted by atomic mass is 31.2. The maximum absolute atomic E-state index is 14.4. The topological polar surface area (TPSA) is 68.2 Å². The van der Waals surface area contributed by atoms with E-state index in [-0.39, 0.29) is 0 Å². The maximum Gasteiger partial charge on any atom is 0.647 e. The van der Waals surface area contributed by atoms with Crippen molar-refractivity contribution in [1.29, 1.82) is 0 Å². The summed E-state index contributed by atoms with van der Waals surface area (Å²) in [6, 6.07) is 21.1. The van der Waals surface area contributed by atoms with Crippen LogP contribution in [-0.4, -0.2) is 10.0 Å². The van der Waals surface area contributed by atoms with Crippen molar-refractivity contribution in [2.45, 2.75) is 61.2 Å². The van der Waals surface area contributed by atoms with Crippen LogP contribution in [0.3, 0.4) is 0 Å². The fraction of sp³-hybridized carbons (Fsp3) is 0.273. The van der Waals surface area contributed by atoms with E-state index in [4.69, 9.17) is 13.6 Å². The number of aromatic hydroxyl groups is 1. The zero-order valence-electron chi connectivity index (χ0n) is 23.9. The fourth-order valence-electron chi connectivity index (χ4n) is 5.53. The average Bonchev–Trinajstić information content (AvgIpc) is 2.87. The average molecular weight is 558 g/mol. The molecule has 1 aliphatic heterocycles. The smallest absolute Gasteiger partial charge is 0.507 e. The van der Waals surface area contributed by atoms with E-state index in [1.165, 1.54) is 0 Å². The van der Waals surface area contributed by atoms with Crippen LogP contribution in [0.2, 0.25) is 0 Å². The summed E-state index contributed by atoms with van der Waals surface area (Å²) < 4.78 is 33.0. The summed E-state index contributed by atoms with van der Waals surface area (Å²) in [4.78, 5) is 2.25. The quantitative estimate of drug-likeness (QED) is 0.254. The molecule has 0 unspecified atom stereocenters. The number of aryl methyl sites for hydroxylation is 6. The Morgan fingerprint density at radius 3 is 1.80 bits per heavy atom. The van der Waals surface area contributed by atoms with E-state index in [0.717, 1.165) is 50.1 Å². The molecule has 7 heteroatoms. The molecule has 0 saturated carbocycles. The third-order valence-electron chi connectivity index (χ3n) is 7.06. The number of phenolic OH excluding ortho intramolecular Hbond substituents is 1. The minimum atomic E-state index is -4.17. The lowest BCUT2D eigenvalue weighted by Crippen LogP contribution is -2.25. The second-order valence-electron chi connectivity index (χ2n) is 10.9. The molecule has 0 amide bonds. The molecule has 0 saturated heterocycles. The van der Waals surface area contributed by atoms with E-state index in [0.29, 0.717) is 42.6 Å². The number of phosphoric acid groups is 1. The van der Waals surface area contributed by atoms with Gasteiger partial charge in [-0.25, -0.2) is 0 Å². The molecular formula is C33H36NO5P. The Bertz CT molecular complexity index is 1550. The number of phenols is 1. The Morgan fingerprint density at radius 1 is 0.750 bits per heavy atom. The highest BCUT2D eigenvalue weighted by molar-refractivity contribution is 7.49. The van der Waals surface area contributed by atoms with Gasteiger partial charge in [-0.05, 0) is 70.4 Å². The molecule has 1 N–H and O–H groups in total. The summed E-state index contributed by atoms with van der Waals surface area (Å²) in [7, 11) is -4.17. The van der Waals surface area contributed by atoms with Gasteiger partial charge in [-0.3, -0.25) is 4.90 Å². The Kier molecular flexibility index (Phi) is 7.67. The number of phosphoric ester groups is 1. The summed E-state index contributed by atoms with van der Waals surface area (Å²) in [6.07, 6.45) is 0. The summed E-state index contributed by atoms with van der Waals surface area (Å²) in [5, 5.41) is 10.9. The normalized spacial score (nSPS) is 14.8. The summed E-state index contributed by atoms with van der Waals surface area (Å²) in [6.45, 7) is 13.4. The second-order valence-corrected chi connectivity index (χ2v) is 12.4. The van der Waals surface area contributed by atoms with E-state index in [1.807, 2.05) is 96.1 Å². The van der Waals surface area contributed by atoms with Crippen molar-refractivity contribution in [3.63, 3.8) is 0 Å². The molecule has 0 bridgehead atoms. The van der Waals surface area contributed by atoms with E-state index in [1.54, 1.807) is 12.1 Å². The number of nitrogens with zero attached hydrogens (tertiary/aromatic N) is 1. The van der Waals surface area contributed by atoms with Crippen LogP contribution < -0.4 is 13.6 Å². The van der Waals surface area contributed by atoms with Crippen LogP contribution in [0.1, 0.15) is 50.1 Å². The zero-order valence-corrected chi connectivity index (χ0v) is 24.8. The summed E-state index contributed by atoms with van der Waals surface area (Å²) in [5.41, 5.74) is 8.35. The molecule has 4 aromatic carbocycles. The van der Waals surface area contributed by atoms with Gasteiger partial charge >= 0.3 is 7.82 Å². The van der Waals surface area contributed by atoms with Crippen LogP contribution in [0.4, 0.5) is 0 Å². The lowest BCUT2D eigenvalue weighted by atomic mass is 10.0. The minimum Gasteiger partial charge on any atom is -0.507 e. The molecular weight excluding hydrogens is 521 g/mol.